The summed E-state index contributed by atoms with van der Waals surface area (Å²) >= 11 is 0. The van der Waals surface area contributed by atoms with E-state index in [-0.39, 0.29) is 0 Å². The van der Waals surface area contributed by atoms with Crippen molar-refractivity contribution < 1.29 is 10.0 Å². The zero-order chi connectivity index (χ0) is 18.7. The van der Waals surface area contributed by atoms with Crippen molar-refractivity contribution in [3.63, 3.8) is 0 Å². The van der Waals surface area contributed by atoms with Crippen molar-refractivity contribution in [3.05, 3.63) is 120 Å². The van der Waals surface area contributed by atoms with E-state index in [9.17, 15) is 10.0 Å². The van der Waals surface area contributed by atoms with Crippen LogP contribution in [-0.4, -0.2) is 26.7 Å². The Morgan fingerprint density at radius 2 is 1.07 bits per heavy atom. The van der Waals surface area contributed by atoms with E-state index >= 15 is 0 Å². The Kier molecular flexibility index (Phi) is 4.63. The number of imidazole rings is 1. The first-order chi connectivity index (χ1) is 13.2. The molecule has 0 radical (unpaired) electrons. The van der Waals surface area contributed by atoms with Crippen molar-refractivity contribution in [1.82, 2.24) is 9.55 Å². The normalized spacial score (nSPS) is 11.3. The summed E-state index contributed by atoms with van der Waals surface area (Å²) in [6.07, 6.45) is 3.15. The maximum atomic E-state index is 9.99. The summed E-state index contributed by atoms with van der Waals surface area (Å²) in [5.41, 5.74) is 2.54. The van der Waals surface area contributed by atoms with Gasteiger partial charge in [-0.25, -0.2) is 4.98 Å². The molecule has 0 saturated carbocycles. The van der Waals surface area contributed by atoms with E-state index in [0.29, 0.717) is 5.59 Å². The summed E-state index contributed by atoms with van der Waals surface area (Å²) in [7, 11) is -1.64. The van der Waals surface area contributed by atoms with Gasteiger partial charge in [0, 0.05) is 6.20 Å². The van der Waals surface area contributed by atoms with Gasteiger partial charge < -0.3 is 14.6 Å². The minimum absolute atomic E-state index is 0.326. The molecule has 0 saturated heterocycles. The van der Waals surface area contributed by atoms with E-state index in [1.807, 2.05) is 95.6 Å². The van der Waals surface area contributed by atoms with Crippen molar-refractivity contribution in [1.29, 1.82) is 0 Å². The number of nitrogens with zero attached hydrogens (tertiary/aromatic N) is 2. The van der Waals surface area contributed by atoms with Gasteiger partial charge in [0.2, 0.25) is 0 Å². The van der Waals surface area contributed by atoms with Gasteiger partial charge in [0.25, 0.3) is 0 Å². The average molecular weight is 354 g/mol. The largest absolute Gasteiger partial charge is 0.507 e. The zero-order valence-corrected chi connectivity index (χ0v) is 14.7. The average Bonchev–Trinajstić information content (AvgIpc) is 3.22. The number of hydrogen-bond donors (Lipinski definition) is 2. The van der Waals surface area contributed by atoms with E-state index in [2.05, 4.69) is 4.98 Å². The lowest BCUT2D eigenvalue weighted by Gasteiger charge is -2.38. The van der Waals surface area contributed by atoms with E-state index in [1.165, 1.54) is 6.20 Å². The molecule has 4 nitrogen and oxygen atoms in total. The lowest BCUT2D eigenvalue weighted by Crippen LogP contribution is -2.48. The second kappa shape index (κ2) is 7.23. The van der Waals surface area contributed by atoms with E-state index in [1.54, 1.807) is 6.33 Å². The number of rotatable bonds is 5. The Hall–Kier alpha value is -3.15. The van der Waals surface area contributed by atoms with Crippen LogP contribution in [0.1, 0.15) is 16.7 Å². The van der Waals surface area contributed by atoms with Gasteiger partial charge in [0.05, 0.1) is 11.9 Å². The van der Waals surface area contributed by atoms with Crippen molar-refractivity contribution in [2.45, 2.75) is 5.54 Å². The van der Waals surface area contributed by atoms with Crippen LogP contribution in [0.5, 0.6) is 0 Å². The molecule has 4 aromatic rings. The van der Waals surface area contributed by atoms with Crippen LogP contribution in [-0.2, 0) is 5.54 Å². The first-order valence-electron chi connectivity index (χ1n) is 8.80. The molecule has 27 heavy (non-hydrogen) atoms. The summed E-state index contributed by atoms with van der Waals surface area (Å²) in [4.78, 5) is 4.23. The molecule has 0 fully saturated rings. The first kappa shape index (κ1) is 17.3. The van der Waals surface area contributed by atoms with Crippen molar-refractivity contribution in [2.24, 2.45) is 0 Å². The molecule has 0 amide bonds. The van der Waals surface area contributed by atoms with Gasteiger partial charge in [-0.05, 0) is 16.7 Å². The van der Waals surface area contributed by atoms with Crippen LogP contribution >= 0.6 is 0 Å². The third-order valence-electron chi connectivity index (χ3n) is 4.87. The second-order valence-electron chi connectivity index (χ2n) is 6.37. The highest BCUT2D eigenvalue weighted by atomic mass is 16.4. The lowest BCUT2D eigenvalue weighted by atomic mass is 9.74. The molecular weight excluding hydrogens is 335 g/mol. The van der Waals surface area contributed by atoms with Crippen LogP contribution in [0.25, 0.3) is 0 Å². The van der Waals surface area contributed by atoms with Crippen LogP contribution in [0.3, 0.4) is 0 Å². The molecule has 4 rings (SSSR count). The molecule has 0 aliphatic rings. The SMILES string of the molecule is OB(O)c1cncn1C(c1ccccc1)(c1ccccc1)c1ccccc1. The Morgan fingerprint density at radius 3 is 1.44 bits per heavy atom. The van der Waals surface area contributed by atoms with Crippen LogP contribution < -0.4 is 5.59 Å². The summed E-state index contributed by atoms with van der Waals surface area (Å²) in [5, 5.41) is 20.0. The summed E-state index contributed by atoms with van der Waals surface area (Å²) in [6.45, 7) is 0. The minimum atomic E-state index is -1.64. The Balaban J connectivity index is 2.15. The molecular formula is C22H19BN2O2. The van der Waals surface area contributed by atoms with Crippen molar-refractivity contribution in [2.75, 3.05) is 0 Å². The fourth-order valence-electron chi connectivity index (χ4n) is 3.73. The van der Waals surface area contributed by atoms with Crippen molar-refractivity contribution >= 4 is 12.7 Å². The van der Waals surface area contributed by atoms with E-state index < -0.39 is 12.7 Å². The highest BCUT2D eigenvalue weighted by Gasteiger charge is 2.40. The van der Waals surface area contributed by atoms with E-state index in [4.69, 9.17) is 0 Å². The Labute approximate surface area is 158 Å². The maximum absolute atomic E-state index is 9.99. The molecule has 0 unspecified atom stereocenters. The second-order valence-corrected chi connectivity index (χ2v) is 6.37. The quantitative estimate of drug-likeness (QED) is 0.428. The highest BCUT2D eigenvalue weighted by Crippen LogP contribution is 2.40. The summed E-state index contributed by atoms with van der Waals surface area (Å²) in [5.74, 6) is 0. The van der Waals surface area contributed by atoms with Gasteiger partial charge in [0.15, 0.2) is 0 Å². The van der Waals surface area contributed by atoms with Gasteiger partial charge in [-0.2, -0.15) is 0 Å². The molecule has 0 aliphatic heterocycles. The van der Waals surface area contributed by atoms with E-state index in [0.717, 1.165) is 16.7 Å². The predicted octanol–water partition coefficient (Wildman–Crippen LogP) is 2.40. The van der Waals surface area contributed by atoms with Crippen LogP contribution in [0.15, 0.2) is 104 Å². The smallest absolute Gasteiger partial charge is 0.422 e. The van der Waals surface area contributed by atoms with Gasteiger partial charge >= 0.3 is 7.12 Å². The van der Waals surface area contributed by atoms with Gasteiger partial charge in [-0.1, -0.05) is 91.0 Å². The molecule has 0 spiro atoms. The predicted molar refractivity (Wildman–Crippen MR) is 107 cm³/mol. The monoisotopic (exact) mass is 354 g/mol. The Bertz CT molecular complexity index is 906. The van der Waals surface area contributed by atoms with Gasteiger partial charge in [-0.3, -0.25) is 0 Å². The van der Waals surface area contributed by atoms with Gasteiger partial charge in [-0.15, -0.1) is 0 Å². The highest BCUT2D eigenvalue weighted by molar-refractivity contribution is 6.57. The third kappa shape index (κ3) is 2.87. The van der Waals surface area contributed by atoms with Gasteiger partial charge in [0.1, 0.15) is 5.54 Å². The topological polar surface area (TPSA) is 58.3 Å². The number of benzene rings is 3. The minimum Gasteiger partial charge on any atom is -0.422 e. The zero-order valence-electron chi connectivity index (χ0n) is 14.7. The summed E-state index contributed by atoms with van der Waals surface area (Å²) in [6, 6.07) is 30.1. The molecule has 0 atom stereocenters. The molecule has 1 heterocycles. The molecule has 0 aliphatic carbocycles. The van der Waals surface area contributed by atoms with Crippen LogP contribution in [0.2, 0.25) is 0 Å². The molecule has 1 aromatic heterocycles. The fraction of sp³-hybridized carbons (Fsp3) is 0.0455. The summed E-state index contributed by atoms with van der Waals surface area (Å²) < 4.78 is 1.84. The molecule has 0 bridgehead atoms. The molecule has 132 valence electrons. The number of hydrogen-bond acceptors (Lipinski definition) is 3. The number of aromatic nitrogens is 2. The maximum Gasteiger partial charge on any atom is 0.507 e. The Morgan fingerprint density at radius 1 is 0.667 bits per heavy atom. The molecule has 3 aromatic carbocycles. The van der Waals surface area contributed by atoms with Crippen LogP contribution in [0.4, 0.5) is 0 Å². The third-order valence-corrected chi connectivity index (χ3v) is 4.87. The lowest BCUT2D eigenvalue weighted by molar-refractivity contribution is 0.416. The standard InChI is InChI=1S/C22H19BN2O2/c26-23(27)21-16-24-17-25(21)22(18-10-4-1-5-11-18,19-12-6-2-7-13-19)20-14-8-3-9-15-20/h1-17,26-27H. The fourth-order valence-corrected chi connectivity index (χ4v) is 3.73. The molecule has 5 heteroatoms. The molecule has 2 N–H and O–H groups in total. The van der Waals surface area contributed by atoms with Crippen LogP contribution in [0, 0.1) is 0 Å². The van der Waals surface area contributed by atoms with Crippen molar-refractivity contribution in [3.8, 4) is 0 Å². The first-order valence-corrected chi connectivity index (χ1v) is 8.80.